The highest BCUT2D eigenvalue weighted by Crippen LogP contribution is 2.46. The number of rotatable bonds is 8. The van der Waals surface area contributed by atoms with Gasteiger partial charge < -0.3 is 19.3 Å². The molecule has 2 aromatic carbocycles. The number of carbonyl (C=O) groups is 1. The van der Waals surface area contributed by atoms with Gasteiger partial charge in [-0.1, -0.05) is 52.1 Å². The molecule has 2 fully saturated rings. The molecule has 0 radical (unpaired) electrons. The van der Waals surface area contributed by atoms with Gasteiger partial charge in [-0.2, -0.15) is 0 Å². The van der Waals surface area contributed by atoms with E-state index in [2.05, 4.69) is 15.3 Å². The first-order chi connectivity index (χ1) is 19.7. The van der Waals surface area contributed by atoms with Gasteiger partial charge in [0.15, 0.2) is 11.6 Å². The molecule has 13 heteroatoms. The van der Waals surface area contributed by atoms with Crippen molar-refractivity contribution >= 4 is 46.5 Å². The Labute approximate surface area is 247 Å². The van der Waals surface area contributed by atoms with E-state index in [0.29, 0.717) is 32.6 Å². The highest BCUT2D eigenvalue weighted by atomic mass is 35.5. The van der Waals surface area contributed by atoms with Crippen LogP contribution in [0.4, 0.5) is 10.2 Å². The van der Waals surface area contributed by atoms with Crippen LogP contribution >= 0.6 is 34.8 Å². The third kappa shape index (κ3) is 5.17. The van der Waals surface area contributed by atoms with Gasteiger partial charge >= 0.3 is 5.91 Å². The predicted octanol–water partition coefficient (Wildman–Crippen LogP) is 6.91. The lowest BCUT2D eigenvalue weighted by atomic mass is 9.86. The van der Waals surface area contributed by atoms with Crippen molar-refractivity contribution < 1.29 is 23.6 Å². The summed E-state index contributed by atoms with van der Waals surface area (Å²) in [6.07, 6.45) is 3.05. The Morgan fingerprint density at radius 3 is 2.51 bits per heavy atom. The average molecular weight is 618 g/mol. The van der Waals surface area contributed by atoms with Gasteiger partial charge in [0.2, 0.25) is 0 Å². The number of aromatic nitrogens is 2. The Morgan fingerprint density at radius 1 is 1.15 bits per heavy atom. The summed E-state index contributed by atoms with van der Waals surface area (Å²) in [5.41, 5.74) is 0.657. The molecule has 210 valence electrons. The molecule has 1 amide bonds. The maximum atomic E-state index is 14.5. The zero-order valence-electron chi connectivity index (χ0n) is 21.1. The highest BCUT2D eigenvalue weighted by molar-refractivity contribution is 6.39. The first-order valence-electron chi connectivity index (χ1n) is 12.5. The Morgan fingerprint density at radius 2 is 1.88 bits per heavy atom. The molecule has 2 aromatic heterocycles. The molecule has 3 heterocycles. The van der Waals surface area contributed by atoms with E-state index in [4.69, 9.17) is 44.1 Å². The lowest BCUT2D eigenvalue weighted by Gasteiger charge is -2.47. The molecule has 1 aliphatic heterocycles. The van der Waals surface area contributed by atoms with Gasteiger partial charge in [-0.25, -0.2) is 9.37 Å². The van der Waals surface area contributed by atoms with E-state index in [1.165, 1.54) is 4.90 Å². The number of hydrogen-bond donors (Lipinski definition) is 1. The van der Waals surface area contributed by atoms with E-state index < -0.39 is 17.3 Å². The molecule has 0 atom stereocenters. The molecular formula is C28H20Cl3FN4O5. The van der Waals surface area contributed by atoms with E-state index in [1.54, 1.807) is 36.4 Å². The zero-order valence-corrected chi connectivity index (χ0v) is 23.4. The van der Waals surface area contributed by atoms with Crippen LogP contribution < -0.4 is 9.64 Å². The van der Waals surface area contributed by atoms with Crippen molar-refractivity contribution in [3.05, 3.63) is 96.9 Å². The third-order valence-electron chi connectivity index (χ3n) is 7.15. The minimum Gasteiger partial charge on any atom is -0.489 e. The molecule has 4 aromatic rings. The molecular weight excluding hydrogens is 598 g/mol. The summed E-state index contributed by atoms with van der Waals surface area (Å²) in [6, 6.07) is 11.0. The summed E-state index contributed by atoms with van der Waals surface area (Å²) in [6.45, 7) is 0.135. The Bertz CT molecular complexity index is 1670. The number of aliphatic hydroxyl groups is 1. The summed E-state index contributed by atoms with van der Waals surface area (Å²) in [5, 5.41) is 18.9. The number of ether oxygens (including phenoxy) is 1. The monoisotopic (exact) mass is 616 g/mol. The molecule has 0 spiro atoms. The third-order valence-corrected chi connectivity index (χ3v) is 8.09. The van der Waals surface area contributed by atoms with Crippen molar-refractivity contribution in [2.24, 2.45) is 5.18 Å². The molecule has 1 saturated carbocycles. The smallest absolute Gasteiger partial charge is 0.318 e. The first-order valence-corrected chi connectivity index (χ1v) is 13.7. The molecule has 1 aliphatic carbocycles. The maximum absolute atomic E-state index is 14.5. The number of hydrogen-bond acceptors (Lipinski definition) is 8. The van der Waals surface area contributed by atoms with E-state index >= 15 is 0 Å². The summed E-state index contributed by atoms with van der Waals surface area (Å²) in [7, 11) is 0. The van der Waals surface area contributed by atoms with Gasteiger partial charge in [-0.3, -0.25) is 4.79 Å². The van der Waals surface area contributed by atoms with E-state index in [1.807, 2.05) is 0 Å². The molecule has 6 rings (SSSR count). The van der Waals surface area contributed by atoms with Crippen molar-refractivity contribution in [1.29, 1.82) is 0 Å². The maximum Gasteiger partial charge on any atom is 0.318 e. The second kappa shape index (κ2) is 10.7. The van der Waals surface area contributed by atoms with Crippen LogP contribution in [0.1, 0.15) is 46.0 Å². The molecule has 9 nitrogen and oxygen atoms in total. The van der Waals surface area contributed by atoms with Gasteiger partial charge in [0.05, 0.1) is 39.3 Å². The summed E-state index contributed by atoms with van der Waals surface area (Å²) in [5.74, 6) is -0.543. The number of halogens is 4. The quantitative estimate of drug-likeness (QED) is 0.212. The van der Waals surface area contributed by atoms with Crippen LogP contribution in [0.2, 0.25) is 15.1 Å². The molecule has 41 heavy (non-hydrogen) atoms. The van der Waals surface area contributed by atoms with Crippen LogP contribution in [-0.4, -0.2) is 34.2 Å². The number of nitroso groups, excluding NO2 is 1. The topological polar surface area (TPSA) is 118 Å². The minimum absolute atomic E-state index is 0.00343. The average Bonchev–Trinajstić information content (AvgIpc) is 3.69. The van der Waals surface area contributed by atoms with Crippen molar-refractivity contribution in [2.45, 2.75) is 31.0 Å². The predicted molar refractivity (Wildman–Crippen MR) is 150 cm³/mol. The fraction of sp³-hybridized carbons (Fsp3) is 0.250. The molecule has 1 N–H and O–H groups in total. The normalized spacial score (nSPS) is 15.9. The lowest BCUT2D eigenvalue weighted by Crippen LogP contribution is -2.60. The second-order valence-electron chi connectivity index (χ2n) is 9.99. The van der Waals surface area contributed by atoms with Gasteiger partial charge in [0.25, 0.3) is 0 Å². The van der Waals surface area contributed by atoms with Crippen molar-refractivity contribution in [1.82, 2.24) is 10.1 Å². The number of carbonyl (C=O) groups excluding carboxylic acids is 1. The summed E-state index contributed by atoms with van der Waals surface area (Å²) >= 11 is 19.4. The van der Waals surface area contributed by atoms with Gasteiger partial charge in [0.1, 0.15) is 29.4 Å². The van der Waals surface area contributed by atoms with Crippen LogP contribution in [0.3, 0.4) is 0 Å². The Balaban J connectivity index is 1.18. The standard InChI is InChI=1S/C28H20Cl3FN4O5/c29-19-2-1-3-20(30)23(19)24-17(25(41-35-24)14-4-5-14)11-40-16-6-7-18(21(31)9-16)28(38)12-36(13-28)26-22(32)8-15(10-33-26)27(37)34-39/h1-3,6-10,14,38H,4-5,11-13H2. The van der Waals surface area contributed by atoms with Gasteiger partial charge in [-0.05, 0) is 43.2 Å². The fourth-order valence-corrected chi connectivity index (χ4v) is 5.83. The van der Waals surface area contributed by atoms with Crippen LogP contribution in [0.25, 0.3) is 11.3 Å². The van der Waals surface area contributed by atoms with Crippen LogP contribution in [0.15, 0.2) is 58.4 Å². The summed E-state index contributed by atoms with van der Waals surface area (Å²) < 4.78 is 26.3. The number of anilines is 1. The summed E-state index contributed by atoms with van der Waals surface area (Å²) in [4.78, 5) is 27.2. The number of amides is 1. The SMILES string of the molecule is O=NC(=O)c1cnc(N2CC(O)(c3ccc(OCc4c(-c5c(Cl)cccc5Cl)noc4C4CC4)cc3Cl)C2)c(F)c1. The Kier molecular flexibility index (Phi) is 7.19. The van der Waals surface area contributed by atoms with Gasteiger partial charge in [0, 0.05) is 28.4 Å². The number of pyridine rings is 1. The van der Waals surface area contributed by atoms with Crippen LogP contribution in [0, 0.1) is 10.7 Å². The second-order valence-corrected chi connectivity index (χ2v) is 11.2. The minimum atomic E-state index is -1.37. The molecule has 1 saturated heterocycles. The van der Waals surface area contributed by atoms with E-state index in [9.17, 15) is 19.2 Å². The first kappa shape index (κ1) is 27.6. The number of benzene rings is 2. The van der Waals surface area contributed by atoms with E-state index in [0.717, 1.165) is 36.4 Å². The molecule has 2 aliphatic rings. The largest absolute Gasteiger partial charge is 0.489 e. The van der Waals surface area contributed by atoms with Crippen molar-refractivity contribution in [3.63, 3.8) is 0 Å². The van der Waals surface area contributed by atoms with Crippen molar-refractivity contribution in [2.75, 3.05) is 18.0 Å². The lowest BCUT2D eigenvalue weighted by molar-refractivity contribution is 0.00671. The molecule has 0 bridgehead atoms. The van der Waals surface area contributed by atoms with Crippen LogP contribution in [0.5, 0.6) is 5.75 Å². The number of nitrogens with zero attached hydrogens (tertiary/aromatic N) is 4. The van der Waals surface area contributed by atoms with Crippen molar-refractivity contribution in [3.8, 4) is 17.0 Å². The number of β-amino-alcohol motifs (C(OH)–C–C–N with tert-alkyl or cyclic N) is 1. The van der Waals surface area contributed by atoms with E-state index in [-0.39, 0.29) is 42.0 Å². The highest BCUT2D eigenvalue weighted by Gasteiger charge is 2.45. The fourth-order valence-electron chi connectivity index (χ4n) is 4.91. The molecule has 0 unspecified atom stereocenters. The van der Waals surface area contributed by atoms with Gasteiger partial charge in [-0.15, -0.1) is 4.91 Å². The van der Waals surface area contributed by atoms with Crippen LogP contribution in [-0.2, 0) is 12.2 Å². The Hall–Kier alpha value is -3.57. The zero-order chi connectivity index (χ0) is 28.9.